The zero-order chi connectivity index (χ0) is 66.3. The molecule has 540 valence electrons. The van der Waals surface area contributed by atoms with Crippen molar-refractivity contribution in [1.29, 1.82) is 0 Å². The predicted molar refractivity (Wildman–Crippen MR) is 332 cm³/mol. The molecular weight excluding hydrogens is 1240 g/mol. The van der Waals surface area contributed by atoms with E-state index >= 15 is 0 Å². The molecule has 0 aliphatic carbocycles. The number of anilines is 1. The Labute approximate surface area is 548 Å². The summed E-state index contributed by atoms with van der Waals surface area (Å²) in [6.07, 6.45) is 2.37. The number of ether oxygens (including phenoxy) is 24. The van der Waals surface area contributed by atoms with E-state index in [1.807, 2.05) is 0 Å². The number of imide groups is 1. The van der Waals surface area contributed by atoms with Gasteiger partial charge in [0.05, 0.1) is 329 Å². The van der Waals surface area contributed by atoms with Crippen LogP contribution < -0.4 is 10.2 Å². The van der Waals surface area contributed by atoms with Crippen molar-refractivity contribution in [1.82, 2.24) is 5.32 Å². The maximum Gasteiger partial charge on any atom is 0.305 e. The van der Waals surface area contributed by atoms with Gasteiger partial charge in [-0.15, -0.1) is 0 Å². The van der Waals surface area contributed by atoms with Gasteiger partial charge in [0.1, 0.15) is 0 Å². The molecule has 0 aromatic heterocycles. The van der Waals surface area contributed by atoms with Crippen molar-refractivity contribution in [3.05, 3.63) is 42.0 Å². The largest absolute Gasteiger partial charge is 0.481 e. The van der Waals surface area contributed by atoms with Crippen LogP contribution in [0.3, 0.4) is 0 Å². The van der Waals surface area contributed by atoms with Crippen LogP contribution in [0.2, 0.25) is 0 Å². The van der Waals surface area contributed by atoms with E-state index in [9.17, 15) is 19.2 Å². The monoisotopic (exact) mass is 1340 g/mol. The van der Waals surface area contributed by atoms with Crippen LogP contribution in [-0.4, -0.2) is 352 Å². The van der Waals surface area contributed by atoms with E-state index in [-0.39, 0.29) is 25.5 Å². The summed E-state index contributed by atoms with van der Waals surface area (Å²) in [5.74, 6) is -2.11. The van der Waals surface area contributed by atoms with Crippen molar-refractivity contribution >= 4 is 29.4 Å². The second kappa shape index (κ2) is 69.4. The number of benzene rings is 1. The number of carbonyl (C=O) groups excluding carboxylic acids is 3. The number of carboxylic acid groups (broad SMARTS) is 1. The maximum absolute atomic E-state index is 12.5. The third-order valence-corrected chi connectivity index (χ3v) is 11.7. The van der Waals surface area contributed by atoms with Crippen LogP contribution in [0.5, 0.6) is 0 Å². The molecule has 0 fully saturated rings. The lowest BCUT2D eigenvalue weighted by atomic mass is 10.1. The maximum atomic E-state index is 12.5. The third-order valence-electron chi connectivity index (χ3n) is 11.7. The van der Waals surface area contributed by atoms with Crippen LogP contribution in [0.1, 0.15) is 16.8 Å². The molecule has 31 nitrogen and oxygen atoms in total. The molecule has 1 aliphatic rings. The summed E-state index contributed by atoms with van der Waals surface area (Å²) < 4.78 is 132. The van der Waals surface area contributed by atoms with Crippen LogP contribution in [0.15, 0.2) is 36.4 Å². The van der Waals surface area contributed by atoms with Gasteiger partial charge in [0.2, 0.25) is 0 Å². The standard InChI is InChI=1S/C62H108N2O29/c65-59-4-5-60(66)64(59)58-3-1-2-57(56-58)62(69)63-7-9-71-11-13-73-15-17-75-19-21-77-23-25-79-27-29-81-31-33-83-35-37-85-39-41-87-43-45-89-47-49-91-51-53-93-55-54-92-52-50-90-48-46-88-44-42-86-40-38-84-36-34-82-32-30-80-28-26-78-24-22-76-20-18-74-16-14-72-12-10-70-8-6-61(67)68/h1-5,56H,6-55H2,(H,63,69)(H,67,68). The number of nitrogens with zero attached hydrogens (tertiary/aromatic N) is 1. The van der Waals surface area contributed by atoms with Crippen molar-refractivity contribution in [3.8, 4) is 0 Å². The van der Waals surface area contributed by atoms with E-state index in [0.717, 1.165) is 4.90 Å². The number of aliphatic carboxylic acids is 1. The van der Waals surface area contributed by atoms with Crippen molar-refractivity contribution in [3.63, 3.8) is 0 Å². The molecule has 0 bridgehead atoms. The van der Waals surface area contributed by atoms with Gasteiger partial charge in [0.25, 0.3) is 17.7 Å². The van der Waals surface area contributed by atoms with Crippen LogP contribution in [0, 0.1) is 0 Å². The minimum absolute atomic E-state index is 0.0127. The van der Waals surface area contributed by atoms with Gasteiger partial charge in [-0.3, -0.25) is 19.2 Å². The minimum atomic E-state index is -0.882. The van der Waals surface area contributed by atoms with E-state index < -0.39 is 17.8 Å². The fraction of sp³-hybridized carbons (Fsp3) is 0.806. The highest BCUT2D eigenvalue weighted by molar-refractivity contribution is 6.28. The zero-order valence-corrected chi connectivity index (χ0v) is 54.6. The lowest BCUT2D eigenvalue weighted by molar-refractivity contribution is -0.138. The number of carboxylic acids is 1. The SMILES string of the molecule is O=C(O)CCOCCOCCOCCOCCOCCOCCOCCOCCOCCOCCOCCOCCOCCOCCOCCOCCOCCOCCOCCOCCOCCOCCOCCOCCNC(=O)c1cccc(N2C(=O)C=CC2=O)c1. The molecular formula is C62H108N2O29. The fourth-order valence-electron chi connectivity index (χ4n) is 7.10. The van der Waals surface area contributed by atoms with Gasteiger partial charge in [-0.2, -0.15) is 0 Å². The molecule has 2 rings (SSSR count). The molecule has 0 unspecified atom stereocenters. The molecule has 31 heteroatoms. The third kappa shape index (κ3) is 59.1. The molecule has 0 spiro atoms. The second-order valence-corrected chi connectivity index (χ2v) is 19.0. The van der Waals surface area contributed by atoms with E-state index in [4.69, 9.17) is 119 Å². The Hall–Kier alpha value is -3.92. The van der Waals surface area contributed by atoms with Gasteiger partial charge in [-0.25, -0.2) is 4.90 Å². The minimum Gasteiger partial charge on any atom is -0.481 e. The zero-order valence-electron chi connectivity index (χ0n) is 54.6. The van der Waals surface area contributed by atoms with Crippen LogP contribution in [-0.2, 0) is 128 Å². The summed E-state index contributed by atoms with van der Waals surface area (Å²) in [4.78, 5) is 47.7. The van der Waals surface area contributed by atoms with Gasteiger partial charge < -0.3 is 124 Å². The average Bonchev–Trinajstić information content (AvgIpc) is 1.77. The number of rotatable bonds is 77. The summed E-state index contributed by atoms with van der Waals surface area (Å²) in [5, 5.41) is 11.3. The first-order valence-electron chi connectivity index (χ1n) is 32.0. The first-order valence-corrected chi connectivity index (χ1v) is 32.0. The second-order valence-electron chi connectivity index (χ2n) is 19.0. The molecule has 1 aromatic carbocycles. The predicted octanol–water partition coefficient (Wildman–Crippen LogP) is 0.719. The van der Waals surface area contributed by atoms with Gasteiger partial charge >= 0.3 is 5.97 Å². The molecule has 3 amide bonds. The van der Waals surface area contributed by atoms with E-state index in [1.165, 1.54) is 18.2 Å². The Morgan fingerprint density at radius 2 is 0.484 bits per heavy atom. The van der Waals surface area contributed by atoms with Gasteiger partial charge in [-0.05, 0) is 18.2 Å². The van der Waals surface area contributed by atoms with E-state index in [0.29, 0.717) is 322 Å². The lowest BCUT2D eigenvalue weighted by Crippen LogP contribution is -2.30. The average molecular weight is 1350 g/mol. The number of hydrogen-bond donors (Lipinski definition) is 2. The van der Waals surface area contributed by atoms with Crippen molar-refractivity contribution in [2.24, 2.45) is 0 Å². The highest BCUT2D eigenvalue weighted by Crippen LogP contribution is 2.20. The summed E-state index contributed by atoms with van der Waals surface area (Å²) in [6, 6.07) is 6.31. The molecule has 1 heterocycles. The van der Waals surface area contributed by atoms with Gasteiger partial charge in [-0.1, -0.05) is 6.07 Å². The first kappa shape index (κ1) is 85.2. The summed E-state index contributed by atoms with van der Waals surface area (Å²) in [7, 11) is 0. The Balaban J connectivity index is 1.11. The van der Waals surface area contributed by atoms with Crippen molar-refractivity contribution < 1.29 is 138 Å². The number of nitrogens with one attached hydrogen (secondary N) is 1. The molecule has 2 N–H and O–H groups in total. The summed E-state index contributed by atoms with van der Waals surface area (Å²) >= 11 is 0. The van der Waals surface area contributed by atoms with Crippen molar-refractivity contribution in [2.75, 3.05) is 329 Å². The lowest BCUT2D eigenvalue weighted by Gasteiger charge is -2.14. The van der Waals surface area contributed by atoms with Crippen LogP contribution >= 0.6 is 0 Å². The van der Waals surface area contributed by atoms with Crippen molar-refractivity contribution in [2.45, 2.75) is 6.42 Å². The molecule has 1 aromatic rings. The van der Waals surface area contributed by atoms with E-state index in [1.54, 1.807) is 18.2 Å². The molecule has 0 radical (unpaired) electrons. The topological polar surface area (TPSA) is 325 Å². The fourth-order valence-corrected chi connectivity index (χ4v) is 7.10. The first-order chi connectivity index (χ1) is 46.0. The Kier molecular flexibility index (Phi) is 63.6. The number of hydrogen-bond acceptors (Lipinski definition) is 28. The summed E-state index contributed by atoms with van der Waals surface area (Å²) in [6.45, 7) is 21.7. The molecule has 0 atom stereocenters. The van der Waals surface area contributed by atoms with Gasteiger partial charge in [0, 0.05) is 24.3 Å². The Morgan fingerprint density at radius 1 is 0.290 bits per heavy atom. The van der Waals surface area contributed by atoms with Crippen LogP contribution in [0.4, 0.5) is 5.69 Å². The Morgan fingerprint density at radius 3 is 0.688 bits per heavy atom. The molecule has 93 heavy (non-hydrogen) atoms. The Bertz CT molecular complexity index is 1850. The normalized spacial score (nSPS) is 12.4. The number of amides is 3. The highest BCUT2D eigenvalue weighted by Gasteiger charge is 2.25. The van der Waals surface area contributed by atoms with Crippen LogP contribution in [0.25, 0.3) is 0 Å². The molecule has 0 saturated heterocycles. The smallest absolute Gasteiger partial charge is 0.305 e. The number of carbonyl (C=O) groups is 4. The highest BCUT2D eigenvalue weighted by atomic mass is 16.6. The molecule has 0 saturated carbocycles. The summed E-state index contributed by atoms with van der Waals surface area (Å²) in [5.41, 5.74) is 0.668. The quantitative estimate of drug-likeness (QED) is 0.0670. The molecule has 1 aliphatic heterocycles. The van der Waals surface area contributed by atoms with Gasteiger partial charge in [0.15, 0.2) is 0 Å². The van der Waals surface area contributed by atoms with E-state index in [2.05, 4.69) is 5.32 Å².